The molecule has 118 valence electrons. The number of nitrogens with one attached hydrogen (secondary N) is 1. The maximum atomic E-state index is 13.0. The van der Waals surface area contributed by atoms with Crippen LogP contribution in [-0.2, 0) is 9.53 Å². The number of halogens is 2. The third-order valence-corrected chi connectivity index (χ3v) is 2.95. The SMILES string of the molecule is COC(=O)C(C)(CCOc1cc(F)cc(F)c1)NC(C)C. The highest BCUT2D eigenvalue weighted by Gasteiger charge is 2.34. The van der Waals surface area contributed by atoms with Gasteiger partial charge in [0.05, 0.1) is 13.7 Å². The molecule has 1 atom stereocenters. The molecule has 0 bridgehead atoms. The lowest BCUT2D eigenvalue weighted by molar-refractivity contribution is -0.148. The minimum Gasteiger partial charge on any atom is -0.493 e. The Morgan fingerprint density at radius 3 is 2.33 bits per heavy atom. The van der Waals surface area contributed by atoms with Gasteiger partial charge in [-0.2, -0.15) is 0 Å². The summed E-state index contributed by atoms with van der Waals surface area (Å²) in [7, 11) is 1.31. The highest BCUT2D eigenvalue weighted by molar-refractivity contribution is 5.80. The van der Waals surface area contributed by atoms with Gasteiger partial charge >= 0.3 is 5.97 Å². The molecule has 0 aliphatic carbocycles. The van der Waals surface area contributed by atoms with E-state index in [2.05, 4.69) is 5.32 Å². The number of carbonyl (C=O) groups is 1. The molecule has 1 N–H and O–H groups in total. The van der Waals surface area contributed by atoms with Gasteiger partial charge < -0.3 is 9.47 Å². The summed E-state index contributed by atoms with van der Waals surface area (Å²) < 4.78 is 36.2. The Hall–Kier alpha value is -1.69. The van der Waals surface area contributed by atoms with E-state index in [-0.39, 0.29) is 18.4 Å². The summed E-state index contributed by atoms with van der Waals surface area (Å²) >= 11 is 0. The fourth-order valence-corrected chi connectivity index (χ4v) is 2.08. The van der Waals surface area contributed by atoms with Crippen LogP contribution in [0.4, 0.5) is 8.78 Å². The first-order valence-corrected chi connectivity index (χ1v) is 6.72. The van der Waals surface area contributed by atoms with Crippen molar-refractivity contribution in [1.82, 2.24) is 5.32 Å². The second-order valence-corrected chi connectivity index (χ2v) is 5.33. The van der Waals surface area contributed by atoms with E-state index in [1.807, 2.05) is 13.8 Å². The number of methoxy groups -OCH3 is 1. The molecule has 1 aromatic rings. The van der Waals surface area contributed by atoms with Crippen LogP contribution >= 0.6 is 0 Å². The lowest BCUT2D eigenvalue weighted by Gasteiger charge is -2.30. The standard InChI is InChI=1S/C15H21F2NO3/c1-10(2)18-15(3,14(19)20-4)5-6-21-13-8-11(16)7-12(17)9-13/h7-10,18H,5-6H2,1-4H3. The number of hydrogen-bond acceptors (Lipinski definition) is 4. The average Bonchev–Trinajstić information content (AvgIpc) is 2.35. The normalized spacial score (nSPS) is 13.9. The molecule has 0 saturated heterocycles. The van der Waals surface area contributed by atoms with Crippen molar-refractivity contribution in [2.45, 2.75) is 38.8 Å². The molecule has 1 aromatic carbocycles. The number of benzene rings is 1. The van der Waals surface area contributed by atoms with E-state index >= 15 is 0 Å². The van der Waals surface area contributed by atoms with Crippen LogP contribution in [0.1, 0.15) is 27.2 Å². The largest absolute Gasteiger partial charge is 0.493 e. The number of esters is 1. The van der Waals surface area contributed by atoms with Crippen LogP contribution in [0.15, 0.2) is 18.2 Å². The predicted molar refractivity (Wildman–Crippen MR) is 75.2 cm³/mol. The molecular weight excluding hydrogens is 280 g/mol. The number of hydrogen-bond donors (Lipinski definition) is 1. The molecule has 1 unspecified atom stereocenters. The molecule has 21 heavy (non-hydrogen) atoms. The first kappa shape index (κ1) is 17.4. The minimum atomic E-state index is -0.922. The zero-order valence-corrected chi connectivity index (χ0v) is 12.7. The van der Waals surface area contributed by atoms with Crippen LogP contribution in [0.3, 0.4) is 0 Å². The fraction of sp³-hybridized carbons (Fsp3) is 0.533. The Balaban J connectivity index is 2.67. The quantitative estimate of drug-likeness (QED) is 0.787. The summed E-state index contributed by atoms with van der Waals surface area (Å²) in [6, 6.07) is 3.02. The highest BCUT2D eigenvalue weighted by atomic mass is 19.1. The molecule has 0 fully saturated rings. The van der Waals surface area contributed by atoms with E-state index in [9.17, 15) is 13.6 Å². The maximum Gasteiger partial charge on any atom is 0.325 e. The smallest absolute Gasteiger partial charge is 0.325 e. The first-order valence-electron chi connectivity index (χ1n) is 6.72. The van der Waals surface area contributed by atoms with Crippen molar-refractivity contribution in [2.75, 3.05) is 13.7 Å². The molecule has 6 heteroatoms. The van der Waals surface area contributed by atoms with Crippen molar-refractivity contribution in [3.05, 3.63) is 29.8 Å². The molecule has 1 rings (SSSR count). The van der Waals surface area contributed by atoms with Gasteiger partial charge in [0, 0.05) is 30.7 Å². The van der Waals surface area contributed by atoms with Crippen molar-refractivity contribution in [3.63, 3.8) is 0 Å². The van der Waals surface area contributed by atoms with E-state index in [1.54, 1.807) is 6.92 Å². The average molecular weight is 301 g/mol. The van der Waals surface area contributed by atoms with Gasteiger partial charge in [-0.3, -0.25) is 10.1 Å². The molecule has 4 nitrogen and oxygen atoms in total. The molecule has 0 heterocycles. The predicted octanol–water partition coefficient (Wildman–Crippen LogP) is 2.66. The van der Waals surface area contributed by atoms with Gasteiger partial charge in [-0.1, -0.05) is 0 Å². The van der Waals surface area contributed by atoms with Gasteiger partial charge in [0.1, 0.15) is 22.9 Å². The van der Waals surface area contributed by atoms with Crippen molar-refractivity contribution in [2.24, 2.45) is 0 Å². The van der Waals surface area contributed by atoms with E-state index in [0.29, 0.717) is 6.42 Å². The molecule has 0 amide bonds. The maximum absolute atomic E-state index is 13.0. The molecular formula is C15H21F2NO3. The Morgan fingerprint density at radius 2 is 1.86 bits per heavy atom. The van der Waals surface area contributed by atoms with Gasteiger partial charge in [-0.05, 0) is 20.8 Å². The van der Waals surface area contributed by atoms with Crippen LogP contribution in [0.2, 0.25) is 0 Å². The van der Waals surface area contributed by atoms with Gasteiger partial charge in [0.2, 0.25) is 0 Å². The third kappa shape index (κ3) is 5.30. The number of rotatable bonds is 7. The summed E-state index contributed by atoms with van der Waals surface area (Å²) in [5.41, 5.74) is -0.922. The Labute approximate surface area is 123 Å². The topological polar surface area (TPSA) is 47.6 Å². The molecule has 0 aliphatic rings. The van der Waals surface area contributed by atoms with Crippen molar-refractivity contribution in [3.8, 4) is 5.75 Å². The number of carbonyl (C=O) groups excluding carboxylic acids is 1. The molecule has 0 aliphatic heterocycles. The first-order chi connectivity index (χ1) is 9.76. The molecule has 0 saturated carbocycles. The summed E-state index contributed by atoms with van der Waals surface area (Å²) in [5, 5.41) is 3.11. The monoisotopic (exact) mass is 301 g/mol. The van der Waals surface area contributed by atoms with Gasteiger partial charge in [0.25, 0.3) is 0 Å². The molecule has 0 radical (unpaired) electrons. The van der Waals surface area contributed by atoms with Crippen molar-refractivity contribution < 1.29 is 23.0 Å². The van der Waals surface area contributed by atoms with Gasteiger partial charge in [0.15, 0.2) is 0 Å². The minimum absolute atomic E-state index is 0.0701. The molecule has 0 spiro atoms. The summed E-state index contributed by atoms with van der Waals surface area (Å²) in [6.45, 7) is 5.64. The van der Waals surface area contributed by atoms with E-state index in [0.717, 1.165) is 18.2 Å². The van der Waals surface area contributed by atoms with E-state index < -0.39 is 23.1 Å². The van der Waals surface area contributed by atoms with Crippen LogP contribution in [-0.4, -0.2) is 31.3 Å². The zero-order chi connectivity index (χ0) is 16.0. The van der Waals surface area contributed by atoms with Crippen LogP contribution in [0.5, 0.6) is 5.75 Å². The summed E-state index contributed by atoms with van der Waals surface area (Å²) in [5.74, 6) is -1.74. The highest BCUT2D eigenvalue weighted by Crippen LogP contribution is 2.18. The summed E-state index contributed by atoms with van der Waals surface area (Å²) in [4.78, 5) is 11.9. The second kappa shape index (κ2) is 7.36. The van der Waals surface area contributed by atoms with Gasteiger partial charge in [-0.15, -0.1) is 0 Å². The zero-order valence-electron chi connectivity index (χ0n) is 12.7. The second-order valence-electron chi connectivity index (χ2n) is 5.33. The van der Waals surface area contributed by atoms with Crippen molar-refractivity contribution in [1.29, 1.82) is 0 Å². The Bertz CT molecular complexity index is 474. The van der Waals surface area contributed by atoms with Crippen molar-refractivity contribution >= 4 is 5.97 Å². The van der Waals surface area contributed by atoms with Crippen LogP contribution < -0.4 is 10.1 Å². The van der Waals surface area contributed by atoms with Gasteiger partial charge in [-0.25, -0.2) is 8.78 Å². The number of ether oxygens (including phenoxy) is 2. The fourth-order valence-electron chi connectivity index (χ4n) is 2.08. The molecule has 0 aromatic heterocycles. The Morgan fingerprint density at radius 1 is 1.29 bits per heavy atom. The third-order valence-electron chi connectivity index (χ3n) is 2.95. The van der Waals surface area contributed by atoms with E-state index in [1.165, 1.54) is 7.11 Å². The Kier molecular flexibility index (Phi) is 6.08. The summed E-state index contributed by atoms with van der Waals surface area (Å²) in [6.07, 6.45) is 0.302. The lowest BCUT2D eigenvalue weighted by atomic mass is 9.97. The van der Waals surface area contributed by atoms with E-state index in [4.69, 9.17) is 9.47 Å². The van der Waals surface area contributed by atoms with Crippen LogP contribution in [0.25, 0.3) is 0 Å². The lowest BCUT2D eigenvalue weighted by Crippen LogP contribution is -2.53. The van der Waals surface area contributed by atoms with Crippen LogP contribution in [0, 0.1) is 11.6 Å².